The number of ether oxygens (including phenoxy) is 1. The lowest BCUT2D eigenvalue weighted by molar-refractivity contribution is -0.0368. The number of nitrogens with one attached hydrogen (secondary N) is 1. The summed E-state index contributed by atoms with van der Waals surface area (Å²) in [5.41, 5.74) is 1.46. The van der Waals surface area contributed by atoms with Gasteiger partial charge in [0.2, 0.25) is 0 Å². The molecule has 0 bridgehead atoms. The fourth-order valence-corrected chi connectivity index (χ4v) is 5.12. The zero-order chi connectivity index (χ0) is 20.4. The molecule has 3 aromatic rings. The first kappa shape index (κ1) is 20.6. The van der Waals surface area contributed by atoms with Crippen molar-refractivity contribution in [3.05, 3.63) is 51.5 Å². The number of carbonyl (C=O) groups excluding carboxylic acids is 1. The summed E-state index contributed by atoms with van der Waals surface area (Å²) >= 11 is 3.62. The Morgan fingerprint density at radius 2 is 2.21 bits per heavy atom. The number of aromatic nitrogens is 2. The normalized spacial score (nSPS) is 16.9. The van der Waals surface area contributed by atoms with Crippen LogP contribution in [0.4, 0.5) is 4.39 Å². The second kappa shape index (κ2) is 9.01. The van der Waals surface area contributed by atoms with Crippen molar-refractivity contribution in [2.24, 2.45) is 0 Å². The quantitative estimate of drug-likeness (QED) is 0.455. The van der Waals surface area contributed by atoms with Gasteiger partial charge in [0.05, 0.1) is 11.1 Å². The third kappa shape index (κ3) is 4.44. The largest absolute Gasteiger partial charge is 0.356 e. The molecule has 1 atom stereocenters. The van der Waals surface area contributed by atoms with Gasteiger partial charge in [-0.3, -0.25) is 4.79 Å². The Bertz CT molecular complexity index is 1050. The predicted octanol–water partition coefficient (Wildman–Crippen LogP) is 5.38. The van der Waals surface area contributed by atoms with Gasteiger partial charge >= 0.3 is 0 Å². The van der Waals surface area contributed by atoms with Crippen LogP contribution >= 0.6 is 34.4 Å². The van der Waals surface area contributed by atoms with E-state index in [1.807, 2.05) is 29.8 Å². The Morgan fingerprint density at radius 3 is 2.97 bits per heavy atom. The lowest BCUT2D eigenvalue weighted by Crippen LogP contribution is -2.23. The van der Waals surface area contributed by atoms with Gasteiger partial charge in [-0.2, -0.15) is 5.10 Å². The van der Waals surface area contributed by atoms with Gasteiger partial charge in [0, 0.05) is 28.3 Å². The van der Waals surface area contributed by atoms with Gasteiger partial charge in [0.1, 0.15) is 9.52 Å². The van der Waals surface area contributed by atoms with Crippen LogP contribution in [0.5, 0.6) is 0 Å². The van der Waals surface area contributed by atoms with Gasteiger partial charge in [-0.05, 0) is 85.2 Å². The number of fused-ring (bicyclic) bond motifs is 1. The summed E-state index contributed by atoms with van der Waals surface area (Å²) in [6.45, 7) is 3.12. The molecule has 1 N–H and O–H groups in total. The standard InChI is InChI=1S/C21H21FIN3O2S/c1-2-24-21(27)16-8-6-13(22)11-18(16)29-14-7-9-15-17(12-14)26(25-20(15)23)19-5-3-4-10-28-19/h6-9,11-12,19H,2-5,10H2,1H3,(H,24,27). The molecule has 2 aromatic carbocycles. The minimum Gasteiger partial charge on any atom is -0.356 e. The van der Waals surface area contributed by atoms with E-state index in [0.29, 0.717) is 17.0 Å². The molecule has 1 aliphatic heterocycles. The number of carbonyl (C=O) groups is 1. The van der Waals surface area contributed by atoms with Crippen LogP contribution in [0.25, 0.3) is 10.9 Å². The second-order valence-electron chi connectivity index (χ2n) is 6.84. The molecule has 4 rings (SSSR count). The fourth-order valence-electron chi connectivity index (χ4n) is 3.43. The molecule has 0 aliphatic carbocycles. The van der Waals surface area contributed by atoms with Gasteiger partial charge in [-0.15, -0.1) is 0 Å². The van der Waals surface area contributed by atoms with Gasteiger partial charge < -0.3 is 10.1 Å². The first-order chi connectivity index (χ1) is 14.1. The molecular formula is C21H21FIN3O2S. The Morgan fingerprint density at radius 1 is 1.34 bits per heavy atom. The van der Waals surface area contributed by atoms with E-state index in [1.165, 1.54) is 30.0 Å². The van der Waals surface area contributed by atoms with Gasteiger partial charge in [0.25, 0.3) is 5.91 Å². The highest BCUT2D eigenvalue weighted by atomic mass is 127. The molecule has 152 valence electrons. The Hall–Kier alpha value is -1.65. The molecule has 0 saturated carbocycles. The average molecular weight is 525 g/mol. The number of halogens is 2. The van der Waals surface area contributed by atoms with Crippen molar-refractivity contribution >= 4 is 51.2 Å². The molecule has 1 fully saturated rings. The van der Waals surface area contributed by atoms with Gasteiger partial charge in [0.15, 0.2) is 6.23 Å². The van der Waals surface area contributed by atoms with Gasteiger partial charge in [-0.25, -0.2) is 9.07 Å². The van der Waals surface area contributed by atoms with Crippen LogP contribution in [0.2, 0.25) is 0 Å². The van der Waals surface area contributed by atoms with E-state index in [-0.39, 0.29) is 18.0 Å². The molecular weight excluding hydrogens is 504 g/mol. The third-order valence-electron chi connectivity index (χ3n) is 4.82. The Kier molecular flexibility index (Phi) is 6.41. The van der Waals surface area contributed by atoms with Gasteiger partial charge in [-0.1, -0.05) is 11.8 Å². The van der Waals surface area contributed by atoms with Crippen molar-refractivity contribution in [1.82, 2.24) is 15.1 Å². The molecule has 5 nitrogen and oxygen atoms in total. The predicted molar refractivity (Wildman–Crippen MR) is 120 cm³/mol. The number of benzene rings is 2. The maximum absolute atomic E-state index is 13.9. The number of hydrogen-bond donors (Lipinski definition) is 1. The summed E-state index contributed by atoms with van der Waals surface area (Å²) in [4.78, 5) is 13.9. The van der Waals surface area contributed by atoms with E-state index in [0.717, 1.165) is 45.4 Å². The van der Waals surface area contributed by atoms with E-state index in [4.69, 9.17) is 9.84 Å². The molecule has 8 heteroatoms. The zero-order valence-electron chi connectivity index (χ0n) is 16.0. The number of amides is 1. The van der Waals surface area contributed by atoms with Crippen LogP contribution in [0, 0.1) is 9.52 Å². The van der Waals surface area contributed by atoms with Crippen molar-refractivity contribution in [2.45, 2.75) is 42.2 Å². The summed E-state index contributed by atoms with van der Waals surface area (Å²) < 4.78 is 22.7. The lowest BCUT2D eigenvalue weighted by Gasteiger charge is -2.23. The number of hydrogen-bond acceptors (Lipinski definition) is 4. The van der Waals surface area contributed by atoms with Crippen LogP contribution < -0.4 is 5.32 Å². The van der Waals surface area contributed by atoms with Crippen LogP contribution in [-0.2, 0) is 4.74 Å². The topological polar surface area (TPSA) is 56.2 Å². The van der Waals surface area contributed by atoms with E-state index in [2.05, 4.69) is 27.9 Å². The Labute approximate surface area is 186 Å². The summed E-state index contributed by atoms with van der Waals surface area (Å²) in [5.74, 6) is -0.567. The number of nitrogens with zero attached hydrogens (tertiary/aromatic N) is 2. The molecule has 0 spiro atoms. The summed E-state index contributed by atoms with van der Waals surface area (Å²) in [6, 6.07) is 10.3. The third-order valence-corrected chi connectivity index (χ3v) is 6.66. The molecule has 1 saturated heterocycles. The molecule has 1 aliphatic rings. The van der Waals surface area contributed by atoms with Crippen molar-refractivity contribution in [1.29, 1.82) is 0 Å². The minimum absolute atomic E-state index is 0.0601. The van der Waals surface area contributed by atoms with Crippen molar-refractivity contribution in [2.75, 3.05) is 13.2 Å². The summed E-state index contributed by atoms with van der Waals surface area (Å²) in [7, 11) is 0. The van der Waals surface area contributed by atoms with Crippen molar-refractivity contribution in [3.8, 4) is 0 Å². The second-order valence-corrected chi connectivity index (χ2v) is 8.97. The minimum atomic E-state index is -0.364. The van der Waals surface area contributed by atoms with Crippen molar-refractivity contribution < 1.29 is 13.9 Å². The van der Waals surface area contributed by atoms with Crippen LogP contribution in [-0.4, -0.2) is 28.8 Å². The maximum atomic E-state index is 13.9. The Balaban J connectivity index is 1.70. The van der Waals surface area contributed by atoms with E-state index >= 15 is 0 Å². The smallest absolute Gasteiger partial charge is 0.252 e. The monoisotopic (exact) mass is 525 g/mol. The number of rotatable bonds is 5. The molecule has 0 radical (unpaired) electrons. The van der Waals surface area contributed by atoms with E-state index < -0.39 is 0 Å². The lowest BCUT2D eigenvalue weighted by atomic mass is 10.2. The highest BCUT2D eigenvalue weighted by Gasteiger charge is 2.21. The molecule has 1 amide bonds. The first-order valence-electron chi connectivity index (χ1n) is 9.62. The zero-order valence-corrected chi connectivity index (χ0v) is 18.9. The maximum Gasteiger partial charge on any atom is 0.252 e. The summed E-state index contributed by atoms with van der Waals surface area (Å²) in [5, 5.41) is 8.54. The first-order valence-corrected chi connectivity index (χ1v) is 11.5. The van der Waals surface area contributed by atoms with Crippen molar-refractivity contribution in [3.63, 3.8) is 0 Å². The van der Waals surface area contributed by atoms with Crippen LogP contribution in [0.1, 0.15) is 42.8 Å². The van der Waals surface area contributed by atoms with Crippen LogP contribution in [0.3, 0.4) is 0 Å². The molecule has 29 heavy (non-hydrogen) atoms. The summed E-state index contributed by atoms with van der Waals surface area (Å²) in [6.07, 6.45) is 3.08. The molecule has 1 aromatic heterocycles. The fraction of sp³-hybridized carbons (Fsp3) is 0.333. The molecule has 1 unspecified atom stereocenters. The average Bonchev–Trinajstić information content (AvgIpc) is 3.05. The van der Waals surface area contributed by atoms with E-state index in [9.17, 15) is 9.18 Å². The highest BCUT2D eigenvalue weighted by molar-refractivity contribution is 14.1. The SMILES string of the molecule is CCNC(=O)c1ccc(F)cc1Sc1ccc2c(I)nn(C3CCCCO3)c2c1. The molecule has 2 heterocycles. The van der Waals surface area contributed by atoms with E-state index in [1.54, 1.807) is 0 Å². The highest BCUT2D eigenvalue weighted by Crippen LogP contribution is 2.35. The van der Waals surface area contributed by atoms with Crippen LogP contribution in [0.15, 0.2) is 46.2 Å².